The molecule has 1 aliphatic carbocycles. The van der Waals surface area contributed by atoms with E-state index in [1.54, 1.807) is 36.4 Å². The van der Waals surface area contributed by atoms with Gasteiger partial charge in [0.1, 0.15) is 12.1 Å². The molecular formula is C24H28BrNO6S. The molecule has 0 unspecified atom stereocenters. The van der Waals surface area contributed by atoms with Crippen LogP contribution in [0.25, 0.3) is 0 Å². The van der Waals surface area contributed by atoms with Gasteiger partial charge in [-0.15, -0.1) is 0 Å². The number of methoxy groups -OCH3 is 2. The lowest BCUT2D eigenvalue weighted by molar-refractivity contribution is -0.119. The highest BCUT2D eigenvalue weighted by Crippen LogP contribution is 2.47. The van der Waals surface area contributed by atoms with Gasteiger partial charge >= 0.3 is 0 Å². The highest BCUT2D eigenvalue weighted by Gasteiger charge is 2.45. The van der Waals surface area contributed by atoms with E-state index in [1.807, 2.05) is 6.07 Å². The highest BCUT2D eigenvalue weighted by atomic mass is 79.9. The minimum Gasteiger partial charge on any atom is -0.493 e. The maximum atomic E-state index is 13.7. The Morgan fingerprint density at radius 1 is 1.15 bits per heavy atom. The molecule has 178 valence electrons. The number of hydrogen-bond donors (Lipinski definition) is 0. The molecule has 33 heavy (non-hydrogen) atoms. The molecule has 0 spiro atoms. The van der Waals surface area contributed by atoms with Crippen molar-refractivity contribution < 1.29 is 27.5 Å². The van der Waals surface area contributed by atoms with Crippen molar-refractivity contribution in [1.82, 2.24) is 4.31 Å². The zero-order chi connectivity index (χ0) is 24.2. The van der Waals surface area contributed by atoms with Gasteiger partial charge in [0.15, 0.2) is 11.5 Å². The van der Waals surface area contributed by atoms with Gasteiger partial charge in [-0.3, -0.25) is 0 Å². The Balaban J connectivity index is 2.20. The van der Waals surface area contributed by atoms with E-state index in [0.29, 0.717) is 28.8 Å². The molecule has 0 heterocycles. The van der Waals surface area contributed by atoms with E-state index < -0.39 is 27.9 Å². The predicted molar refractivity (Wildman–Crippen MR) is 129 cm³/mol. The van der Waals surface area contributed by atoms with Gasteiger partial charge in [-0.25, -0.2) is 8.42 Å². The number of aldehydes is 1. The van der Waals surface area contributed by atoms with Gasteiger partial charge < -0.3 is 19.1 Å². The molecule has 0 saturated heterocycles. The summed E-state index contributed by atoms with van der Waals surface area (Å²) < 4.78 is 39.8. The van der Waals surface area contributed by atoms with Crippen LogP contribution in [-0.2, 0) is 26.0 Å². The smallest absolute Gasteiger partial charge is 0.243 e. The van der Waals surface area contributed by atoms with Crippen molar-refractivity contribution in [1.29, 1.82) is 0 Å². The zero-order valence-electron chi connectivity index (χ0n) is 18.9. The molecule has 3 rings (SSSR count). The van der Waals surface area contributed by atoms with Crippen LogP contribution in [0.5, 0.6) is 11.5 Å². The number of nitrogens with zero attached hydrogens (tertiary/aromatic N) is 1. The molecule has 1 aliphatic rings. The van der Waals surface area contributed by atoms with Gasteiger partial charge in [0.05, 0.1) is 19.1 Å². The summed E-state index contributed by atoms with van der Waals surface area (Å²) in [6, 6.07) is 11.2. The number of alkyl halides is 1. The number of rotatable bonds is 10. The van der Waals surface area contributed by atoms with E-state index in [4.69, 9.17) is 9.47 Å². The average Bonchev–Trinajstić information content (AvgIpc) is 2.81. The molecule has 9 heteroatoms. The summed E-state index contributed by atoms with van der Waals surface area (Å²) in [6.07, 6.45) is 1.20. The second kappa shape index (κ2) is 10.8. The van der Waals surface area contributed by atoms with Crippen molar-refractivity contribution in [2.45, 2.75) is 36.6 Å². The number of benzene rings is 2. The Morgan fingerprint density at radius 2 is 1.85 bits per heavy atom. The summed E-state index contributed by atoms with van der Waals surface area (Å²) in [4.78, 5) is 24.9. The summed E-state index contributed by atoms with van der Waals surface area (Å²) in [5, 5.41) is 0.410. The first-order valence-electron chi connectivity index (χ1n) is 10.6. The highest BCUT2D eigenvalue weighted by molar-refractivity contribution is 9.09. The molecule has 0 amide bonds. The number of halogens is 1. The Hall–Kier alpha value is -2.23. The van der Waals surface area contributed by atoms with E-state index in [-0.39, 0.29) is 23.6 Å². The van der Waals surface area contributed by atoms with Gasteiger partial charge in [0.2, 0.25) is 10.0 Å². The number of carbonyl (C=O) groups excluding carboxylic acids is 2. The Kier molecular flexibility index (Phi) is 8.31. The topological polar surface area (TPSA) is 90.0 Å². The molecule has 7 nitrogen and oxygen atoms in total. The summed E-state index contributed by atoms with van der Waals surface area (Å²) in [5.41, 5.74) is 1.46. The predicted octanol–water partition coefficient (Wildman–Crippen LogP) is 3.59. The molecule has 0 saturated carbocycles. The summed E-state index contributed by atoms with van der Waals surface area (Å²) >= 11 is 3.38. The molecule has 3 atom stereocenters. The van der Waals surface area contributed by atoms with Crippen LogP contribution in [-0.4, -0.2) is 56.9 Å². The number of ether oxygens (including phenoxy) is 2. The third-order valence-corrected chi connectivity index (χ3v) is 8.38. The van der Waals surface area contributed by atoms with Crippen molar-refractivity contribution in [3.8, 4) is 11.5 Å². The van der Waals surface area contributed by atoms with Crippen LogP contribution in [0, 0.1) is 5.92 Å². The van der Waals surface area contributed by atoms with E-state index in [9.17, 15) is 18.0 Å². The van der Waals surface area contributed by atoms with Crippen LogP contribution in [0.4, 0.5) is 0 Å². The maximum absolute atomic E-state index is 13.7. The van der Waals surface area contributed by atoms with Gasteiger partial charge in [-0.2, -0.15) is 4.31 Å². The fourth-order valence-electron chi connectivity index (χ4n) is 4.72. The van der Waals surface area contributed by atoms with Crippen molar-refractivity contribution in [3.05, 3.63) is 53.6 Å². The molecule has 0 aromatic heterocycles. The second-order valence-electron chi connectivity index (χ2n) is 7.99. The third kappa shape index (κ3) is 5.00. The number of fused-ring (bicyclic) bond motifs is 1. The molecule has 0 N–H and O–H groups in total. The van der Waals surface area contributed by atoms with Crippen LogP contribution in [0.15, 0.2) is 47.4 Å². The molecule has 0 fully saturated rings. The lowest BCUT2D eigenvalue weighted by Crippen LogP contribution is -2.51. The molecule has 2 aromatic rings. The fourth-order valence-corrected chi connectivity index (χ4v) is 7.03. The average molecular weight is 538 g/mol. The van der Waals surface area contributed by atoms with Gasteiger partial charge in [0, 0.05) is 35.8 Å². The SMILES string of the molecule is COc1ccc2c(c1OC)[C@@H](C=O)[C@@H](CC(C)=O)[C@@H](N(CCBr)S(=O)(=O)c1ccccc1)C2. The Bertz CT molecular complexity index is 1110. The quantitative estimate of drug-likeness (QED) is 0.339. The largest absolute Gasteiger partial charge is 0.493 e. The first-order valence-corrected chi connectivity index (χ1v) is 13.2. The number of Topliss-reactive ketones (excluding diaryl/α,β-unsaturated/α-hetero) is 1. The fraction of sp³-hybridized carbons (Fsp3) is 0.417. The lowest BCUT2D eigenvalue weighted by Gasteiger charge is -2.42. The van der Waals surface area contributed by atoms with Crippen LogP contribution < -0.4 is 9.47 Å². The first-order chi connectivity index (χ1) is 15.8. The standard InChI is InChI=1S/C24H28BrNO6S/c1-16(28)13-19-20(15-27)23-17(9-10-22(31-2)24(23)32-3)14-21(19)26(12-11-25)33(29,30)18-7-5-4-6-8-18/h4-10,15,19-21H,11-14H2,1-3H3/t19-,20+,21+/m1/s1. The molecule has 2 aromatic carbocycles. The van der Waals surface area contributed by atoms with Crippen LogP contribution in [0.3, 0.4) is 0 Å². The van der Waals surface area contributed by atoms with Crippen LogP contribution in [0.2, 0.25) is 0 Å². The number of carbonyl (C=O) groups is 2. The van der Waals surface area contributed by atoms with Crippen LogP contribution in [0.1, 0.15) is 30.4 Å². The van der Waals surface area contributed by atoms with E-state index in [2.05, 4.69) is 15.9 Å². The normalized spacial score (nSPS) is 20.2. The van der Waals surface area contributed by atoms with E-state index in [1.165, 1.54) is 25.4 Å². The van der Waals surface area contributed by atoms with E-state index >= 15 is 0 Å². The van der Waals surface area contributed by atoms with Crippen molar-refractivity contribution in [2.24, 2.45) is 5.92 Å². The van der Waals surface area contributed by atoms with Gasteiger partial charge in [0.25, 0.3) is 0 Å². The monoisotopic (exact) mass is 537 g/mol. The molecule has 0 bridgehead atoms. The Labute approximate surface area is 203 Å². The minimum absolute atomic E-state index is 0.0664. The van der Waals surface area contributed by atoms with Crippen molar-refractivity contribution in [3.63, 3.8) is 0 Å². The summed E-state index contributed by atoms with van der Waals surface area (Å²) in [7, 11) is -0.854. The second-order valence-corrected chi connectivity index (χ2v) is 10.7. The third-order valence-electron chi connectivity index (χ3n) is 6.09. The number of ketones is 1. The number of hydrogen-bond acceptors (Lipinski definition) is 6. The van der Waals surface area contributed by atoms with Gasteiger partial charge in [-0.1, -0.05) is 40.2 Å². The van der Waals surface area contributed by atoms with Crippen LogP contribution >= 0.6 is 15.9 Å². The lowest BCUT2D eigenvalue weighted by atomic mass is 9.70. The minimum atomic E-state index is -3.87. The molecular weight excluding hydrogens is 510 g/mol. The van der Waals surface area contributed by atoms with Crippen molar-refractivity contribution in [2.75, 3.05) is 26.1 Å². The zero-order valence-corrected chi connectivity index (χ0v) is 21.3. The Morgan fingerprint density at radius 3 is 2.39 bits per heavy atom. The first kappa shape index (κ1) is 25.4. The maximum Gasteiger partial charge on any atom is 0.243 e. The molecule has 0 aliphatic heterocycles. The molecule has 0 radical (unpaired) electrons. The number of sulfonamides is 1. The summed E-state index contributed by atoms with van der Waals surface area (Å²) in [5.74, 6) is -0.463. The van der Waals surface area contributed by atoms with E-state index in [0.717, 1.165) is 11.8 Å². The van der Waals surface area contributed by atoms with Crippen molar-refractivity contribution >= 4 is 38.0 Å². The summed E-state index contributed by atoms with van der Waals surface area (Å²) in [6.45, 7) is 1.66. The van der Waals surface area contributed by atoms with Gasteiger partial charge in [-0.05, 0) is 43.0 Å².